The number of rotatable bonds is 5. The number of alkyl halides is 9. The van der Waals surface area contributed by atoms with E-state index in [1.807, 2.05) is 0 Å². The van der Waals surface area contributed by atoms with Gasteiger partial charge in [-0.05, 0) is 6.92 Å². The van der Waals surface area contributed by atoms with Crippen molar-refractivity contribution in [1.82, 2.24) is 9.88 Å². The monoisotopic (exact) mass is 431 g/mol. The normalized spacial score (nSPS) is 13.5. The molecule has 27 heavy (non-hydrogen) atoms. The van der Waals surface area contributed by atoms with E-state index < -0.39 is 40.9 Å². The van der Waals surface area contributed by atoms with E-state index in [1.165, 1.54) is 21.0 Å². The maximum Gasteiger partial charge on any atom is 0.460 e. The molecule has 0 spiro atoms. The molecule has 1 aromatic rings. The largest absolute Gasteiger partial charge is 0.460 e. The second-order valence-corrected chi connectivity index (χ2v) is 6.31. The Kier molecular flexibility index (Phi) is 5.82. The quantitative estimate of drug-likeness (QED) is 0.726. The number of nitrogens with zero attached hydrogens (tertiary/aromatic N) is 2. The Morgan fingerprint density at radius 3 is 1.85 bits per heavy atom. The zero-order chi connectivity index (χ0) is 21.6. The van der Waals surface area contributed by atoms with Gasteiger partial charge in [-0.3, -0.25) is 14.9 Å². The molecule has 0 saturated carbocycles. The van der Waals surface area contributed by atoms with E-state index >= 15 is 0 Å². The van der Waals surface area contributed by atoms with Gasteiger partial charge in [0.25, 0.3) is 5.91 Å². The fourth-order valence-corrected chi connectivity index (χ4v) is 2.53. The van der Waals surface area contributed by atoms with Crippen LogP contribution in [0.4, 0.5) is 44.6 Å². The highest BCUT2D eigenvalue weighted by Crippen LogP contribution is 2.53. The lowest BCUT2D eigenvalue weighted by molar-refractivity contribution is -0.388. The summed E-state index contributed by atoms with van der Waals surface area (Å²) in [5.41, 5.74) is -0.121. The summed E-state index contributed by atoms with van der Waals surface area (Å²) in [6.45, 7) is 1.19. The van der Waals surface area contributed by atoms with Crippen molar-refractivity contribution in [3.63, 3.8) is 0 Å². The first-order valence-electron chi connectivity index (χ1n) is 6.58. The zero-order valence-corrected chi connectivity index (χ0v) is 14.3. The maximum atomic E-state index is 13.5. The second-order valence-electron chi connectivity index (χ2n) is 5.31. The topological polar surface area (TPSA) is 62.3 Å². The molecule has 1 rings (SSSR count). The number of amides is 2. The Bertz CT molecular complexity index is 743. The summed E-state index contributed by atoms with van der Waals surface area (Å²) in [7, 11) is 2.60. The van der Waals surface area contributed by atoms with Crippen LogP contribution >= 0.6 is 11.3 Å². The Hall–Kier alpha value is -2.06. The van der Waals surface area contributed by atoms with Crippen LogP contribution in [0.1, 0.15) is 15.4 Å². The number of anilines is 1. The Morgan fingerprint density at radius 2 is 1.44 bits per heavy atom. The fraction of sp³-hybridized carbons (Fsp3) is 0.583. The van der Waals surface area contributed by atoms with Gasteiger partial charge in [0.15, 0.2) is 5.13 Å². The Balaban J connectivity index is 3.19. The Labute approximate surface area is 149 Å². The lowest BCUT2D eigenvalue weighted by atomic mass is 10.0. The first kappa shape index (κ1) is 23.0. The molecule has 1 N–H and O–H groups in total. The number of aromatic nitrogens is 1. The van der Waals surface area contributed by atoms with Crippen molar-refractivity contribution in [2.24, 2.45) is 0 Å². The summed E-state index contributed by atoms with van der Waals surface area (Å²) < 4.78 is 115. The van der Waals surface area contributed by atoms with Crippen LogP contribution in [0.3, 0.4) is 0 Å². The van der Waals surface area contributed by atoms with Crippen molar-refractivity contribution in [1.29, 1.82) is 0 Å². The summed E-state index contributed by atoms with van der Waals surface area (Å²) in [6.07, 6.45) is -7.04. The number of halogens is 9. The van der Waals surface area contributed by atoms with Crippen molar-refractivity contribution in [2.45, 2.75) is 30.9 Å². The number of thiazole rings is 1. The average molecular weight is 431 g/mol. The van der Waals surface area contributed by atoms with Gasteiger partial charge in [0.1, 0.15) is 4.88 Å². The average Bonchev–Trinajstić information content (AvgIpc) is 2.84. The summed E-state index contributed by atoms with van der Waals surface area (Å²) in [5.74, 6) is -24.6. The van der Waals surface area contributed by atoms with E-state index in [4.69, 9.17) is 0 Å². The summed E-state index contributed by atoms with van der Waals surface area (Å²) >= 11 is 0.242. The molecule has 1 heterocycles. The van der Waals surface area contributed by atoms with Crippen molar-refractivity contribution < 1.29 is 49.1 Å². The first-order valence-corrected chi connectivity index (χ1v) is 7.40. The molecule has 0 aliphatic rings. The molecule has 0 fully saturated rings. The molecule has 5 nitrogen and oxygen atoms in total. The van der Waals surface area contributed by atoms with Crippen LogP contribution in [-0.4, -0.2) is 59.7 Å². The molecule has 1 aromatic heterocycles. The number of carbonyl (C=O) groups excluding carboxylic acids is 2. The van der Waals surface area contributed by atoms with Gasteiger partial charge in [-0.2, -0.15) is 39.5 Å². The highest BCUT2D eigenvalue weighted by Gasteiger charge is 2.83. The molecule has 0 bridgehead atoms. The Morgan fingerprint density at radius 1 is 0.963 bits per heavy atom. The van der Waals surface area contributed by atoms with Gasteiger partial charge in [0.05, 0.1) is 5.69 Å². The van der Waals surface area contributed by atoms with E-state index in [1.54, 1.807) is 0 Å². The first-order chi connectivity index (χ1) is 11.9. The van der Waals surface area contributed by atoms with Crippen LogP contribution in [0.15, 0.2) is 0 Å². The maximum absolute atomic E-state index is 13.5. The highest BCUT2D eigenvalue weighted by molar-refractivity contribution is 7.17. The molecule has 154 valence electrons. The third kappa shape index (κ3) is 3.82. The molecule has 0 aliphatic heterocycles. The van der Waals surface area contributed by atoms with E-state index in [-0.39, 0.29) is 21.9 Å². The summed E-state index contributed by atoms with van der Waals surface area (Å²) in [4.78, 5) is 27.3. The van der Waals surface area contributed by atoms with Crippen molar-refractivity contribution in [3.05, 3.63) is 10.6 Å². The molecule has 0 aromatic carbocycles. The molecule has 0 radical (unpaired) electrons. The van der Waals surface area contributed by atoms with E-state index in [0.29, 0.717) is 0 Å². The zero-order valence-electron chi connectivity index (χ0n) is 13.5. The van der Waals surface area contributed by atoms with Crippen LogP contribution in [0.2, 0.25) is 0 Å². The third-order valence-corrected chi connectivity index (χ3v) is 4.11. The molecular formula is C12H10F9N3O2S. The van der Waals surface area contributed by atoms with Crippen LogP contribution in [-0.2, 0) is 4.79 Å². The second kappa shape index (κ2) is 6.83. The minimum Gasteiger partial charge on any atom is -0.344 e. The lowest BCUT2D eigenvalue weighted by Gasteiger charge is -2.32. The minimum absolute atomic E-state index is 0.121. The predicted molar refractivity (Wildman–Crippen MR) is 74.4 cm³/mol. The van der Waals surface area contributed by atoms with E-state index in [0.717, 1.165) is 10.2 Å². The van der Waals surface area contributed by atoms with Crippen LogP contribution in [0.5, 0.6) is 0 Å². The number of aryl methyl sites for hydroxylation is 1. The molecule has 2 amide bonds. The third-order valence-electron chi connectivity index (χ3n) is 3.05. The van der Waals surface area contributed by atoms with Crippen LogP contribution in [0, 0.1) is 6.92 Å². The number of hydrogen-bond donors (Lipinski definition) is 1. The van der Waals surface area contributed by atoms with Gasteiger partial charge in [0, 0.05) is 14.1 Å². The lowest BCUT2D eigenvalue weighted by Crippen LogP contribution is -2.64. The molecular weight excluding hydrogens is 421 g/mol. The van der Waals surface area contributed by atoms with Gasteiger partial charge in [0.2, 0.25) is 0 Å². The van der Waals surface area contributed by atoms with Gasteiger partial charge in [-0.15, -0.1) is 0 Å². The van der Waals surface area contributed by atoms with Crippen molar-refractivity contribution in [2.75, 3.05) is 19.4 Å². The van der Waals surface area contributed by atoms with Crippen LogP contribution in [0.25, 0.3) is 0 Å². The van der Waals surface area contributed by atoms with Gasteiger partial charge in [-0.25, -0.2) is 4.98 Å². The van der Waals surface area contributed by atoms with E-state index in [2.05, 4.69) is 4.98 Å². The summed E-state index contributed by atoms with van der Waals surface area (Å²) in [5, 5.41) is 0.167. The molecule has 0 aliphatic carbocycles. The molecule has 15 heteroatoms. The minimum atomic E-state index is -7.19. The fourth-order valence-electron chi connectivity index (χ4n) is 1.54. The van der Waals surface area contributed by atoms with Crippen molar-refractivity contribution >= 4 is 28.3 Å². The SMILES string of the molecule is Cc1nc(NC(=O)C(F)(F)C(F)(F)C(F)(F)C(F)(F)F)sc1C(=O)N(C)C. The van der Waals surface area contributed by atoms with Gasteiger partial charge < -0.3 is 4.90 Å². The van der Waals surface area contributed by atoms with Gasteiger partial charge in [-0.1, -0.05) is 11.3 Å². The van der Waals surface area contributed by atoms with E-state index in [9.17, 15) is 49.1 Å². The smallest absolute Gasteiger partial charge is 0.344 e. The summed E-state index contributed by atoms with van der Waals surface area (Å²) in [6, 6.07) is 0. The number of hydrogen-bond acceptors (Lipinski definition) is 4. The highest BCUT2D eigenvalue weighted by atomic mass is 32.1. The van der Waals surface area contributed by atoms with Crippen molar-refractivity contribution in [3.8, 4) is 0 Å². The van der Waals surface area contributed by atoms with Crippen LogP contribution < -0.4 is 5.32 Å². The number of nitrogens with one attached hydrogen (secondary N) is 1. The molecule has 0 atom stereocenters. The molecule has 0 unspecified atom stereocenters. The number of carbonyl (C=O) groups is 2. The molecule has 0 saturated heterocycles. The standard InChI is InChI=1S/C12H10F9N3O2S/c1-4-5(6(25)24(2)3)27-8(22-4)23-7(26)9(13,14)10(15,16)11(17,18)12(19,20)21/h1-3H3,(H,22,23,26). The van der Waals surface area contributed by atoms with Gasteiger partial charge >= 0.3 is 29.9 Å². The predicted octanol–water partition coefficient (Wildman–Crippen LogP) is 3.56.